The third-order valence-electron chi connectivity index (χ3n) is 6.87. The summed E-state index contributed by atoms with van der Waals surface area (Å²) in [6.07, 6.45) is -1.93. The average Bonchev–Trinajstić information content (AvgIpc) is 2.92. The Kier molecular flexibility index (Phi) is 24.0. The summed E-state index contributed by atoms with van der Waals surface area (Å²) in [6.45, 7) is 30.1. The normalized spacial score (nSPS) is 21.5. The van der Waals surface area contributed by atoms with E-state index in [1.165, 1.54) is 19.8 Å². The van der Waals surface area contributed by atoms with Gasteiger partial charge in [0.1, 0.15) is 24.4 Å². The van der Waals surface area contributed by atoms with Crippen molar-refractivity contribution in [2.24, 2.45) is 16.7 Å². The lowest BCUT2D eigenvalue weighted by molar-refractivity contribution is -0.298. The summed E-state index contributed by atoms with van der Waals surface area (Å²) in [5, 5.41) is 46.8. The van der Waals surface area contributed by atoms with Gasteiger partial charge in [0.05, 0.1) is 24.2 Å². The summed E-state index contributed by atoms with van der Waals surface area (Å²) < 4.78 is 11.7. The summed E-state index contributed by atoms with van der Waals surface area (Å²) >= 11 is 0. The van der Waals surface area contributed by atoms with E-state index < -0.39 is 59.6 Å². The zero-order valence-electron chi connectivity index (χ0n) is 32.5. The Morgan fingerprint density at radius 2 is 1.36 bits per heavy atom. The van der Waals surface area contributed by atoms with Gasteiger partial charge < -0.3 is 45.9 Å². The van der Waals surface area contributed by atoms with Gasteiger partial charge in [0.2, 0.25) is 17.7 Å². The molecule has 0 bridgehead atoms. The first-order valence-corrected chi connectivity index (χ1v) is 17.1. The Balaban J connectivity index is -0.000000879. The predicted molar refractivity (Wildman–Crippen MR) is 187 cm³/mol. The Morgan fingerprint density at radius 1 is 0.851 bits per heavy atom. The van der Waals surface area contributed by atoms with Gasteiger partial charge in [-0.2, -0.15) is 0 Å². The number of carbonyl (C=O) groups excluding carboxylic acids is 3. The van der Waals surface area contributed by atoms with E-state index >= 15 is 0 Å². The number of ether oxygens (including phenoxy) is 2. The Morgan fingerprint density at radius 3 is 1.70 bits per heavy atom. The fraction of sp³-hybridized carbons (Fsp3) is 0.914. The van der Waals surface area contributed by atoms with Crippen molar-refractivity contribution in [1.82, 2.24) is 16.0 Å². The average molecular weight is 680 g/mol. The second-order valence-corrected chi connectivity index (χ2v) is 15.2. The van der Waals surface area contributed by atoms with Crippen LogP contribution in [0.15, 0.2) is 0 Å². The lowest BCUT2D eigenvalue weighted by Gasteiger charge is -2.45. The molecule has 0 saturated carbocycles. The highest BCUT2D eigenvalue weighted by Gasteiger charge is 2.48. The van der Waals surface area contributed by atoms with Crippen molar-refractivity contribution in [2.75, 3.05) is 19.8 Å². The second kappa shape index (κ2) is 22.7. The van der Waals surface area contributed by atoms with Gasteiger partial charge in [-0.15, -0.1) is 0 Å². The molecule has 0 radical (unpaired) electrons. The van der Waals surface area contributed by atoms with E-state index in [0.717, 1.165) is 5.92 Å². The number of hydrogen-bond acceptors (Lipinski definition) is 9. The first kappa shape index (κ1) is 49.6. The summed E-state index contributed by atoms with van der Waals surface area (Å²) in [7, 11) is 0. The molecule has 1 saturated heterocycles. The van der Waals surface area contributed by atoms with Crippen molar-refractivity contribution >= 4 is 17.7 Å². The van der Waals surface area contributed by atoms with Crippen LogP contribution in [0.4, 0.5) is 0 Å². The minimum absolute atomic E-state index is 0.0995. The van der Waals surface area contributed by atoms with Crippen molar-refractivity contribution in [1.29, 1.82) is 0 Å². The molecule has 1 heterocycles. The molecule has 0 aromatic carbocycles. The summed E-state index contributed by atoms with van der Waals surface area (Å²) in [5.74, 6) is 0.240. The zero-order chi connectivity index (χ0) is 38.0. The first-order chi connectivity index (χ1) is 21.3. The molecule has 0 aromatic heterocycles. The number of carbonyl (C=O) groups is 3. The maximum Gasteiger partial charge on any atom is 0.227 e. The zero-order valence-corrected chi connectivity index (χ0v) is 32.5. The predicted octanol–water partition coefficient (Wildman–Crippen LogP) is 3.67. The van der Waals surface area contributed by atoms with Crippen molar-refractivity contribution in [3.8, 4) is 0 Å². The summed E-state index contributed by atoms with van der Waals surface area (Å²) in [4.78, 5) is 35.3. The van der Waals surface area contributed by atoms with Crippen molar-refractivity contribution in [3.63, 3.8) is 0 Å². The molecule has 12 nitrogen and oxygen atoms in total. The van der Waals surface area contributed by atoms with Gasteiger partial charge in [-0.05, 0) is 67.7 Å². The molecular formula is C35H73N3O9. The van der Waals surface area contributed by atoms with E-state index in [1.807, 2.05) is 41.5 Å². The molecule has 0 spiro atoms. The summed E-state index contributed by atoms with van der Waals surface area (Å²) in [6, 6.07) is -1.03. The number of rotatable bonds is 12. The molecule has 282 valence electrons. The molecule has 0 aliphatic carbocycles. The minimum Gasteiger partial charge on any atom is -0.395 e. The Labute approximate surface area is 286 Å². The van der Waals surface area contributed by atoms with Crippen molar-refractivity contribution in [2.45, 2.75) is 172 Å². The van der Waals surface area contributed by atoms with Crippen LogP contribution in [0.3, 0.4) is 0 Å². The van der Waals surface area contributed by atoms with Gasteiger partial charge in [-0.3, -0.25) is 14.4 Å². The second-order valence-electron chi connectivity index (χ2n) is 15.2. The molecule has 5 unspecified atom stereocenters. The highest BCUT2D eigenvalue weighted by Crippen LogP contribution is 2.34. The van der Waals surface area contributed by atoms with Crippen LogP contribution in [-0.4, -0.2) is 99.7 Å². The minimum atomic E-state index is -1.39. The maximum absolute atomic E-state index is 12.7. The number of aliphatic hydroxyl groups is 4. The Bertz CT molecular complexity index is 886. The van der Waals surface area contributed by atoms with Gasteiger partial charge in [0.25, 0.3) is 0 Å². The number of aliphatic hydroxyl groups excluding tert-OH is 4. The van der Waals surface area contributed by atoms with E-state index in [0.29, 0.717) is 13.0 Å². The van der Waals surface area contributed by atoms with E-state index in [-0.39, 0.29) is 24.0 Å². The molecule has 7 N–H and O–H groups in total. The van der Waals surface area contributed by atoms with Crippen molar-refractivity contribution in [3.05, 3.63) is 0 Å². The fourth-order valence-corrected chi connectivity index (χ4v) is 4.63. The fourth-order valence-electron chi connectivity index (χ4n) is 4.63. The van der Waals surface area contributed by atoms with E-state index in [1.54, 1.807) is 41.5 Å². The van der Waals surface area contributed by atoms with Crippen LogP contribution < -0.4 is 16.0 Å². The quantitative estimate of drug-likeness (QED) is 0.162. The molecule has 5 atom stereocenters. The third kappa shape index (κ3) is 21.0. The topological polar surface area (TPSA) is 187 Å². The SMILES string of the molecule is CC.CC(=O)NC1C(OC(C)(C)CC(C)(C)C(=O)NC(C)(C)C)OC(CO)C(O)C1O.CCCC(C)C.CCNC(=O)C(C)(C)CO. The molecule has 3 amide bonds. The monoisotopic (exact) mass is 680 g/mol. The lowest BCUT2D eigenvalue weighted by atomic mass is 9.80. The highest BCUT2D eigenvalue weighted by molar-refractivity contribution is 5.82. The molecule has 1 fully saturated rings. The third-order valence-corrected chi connectivity index (χ3v) is 6.87. The number of amides is 3. The number of hydrogen-bond donors (Lipinski definition) is 7. The number of nitrogens with one attached hydrogen (secondary N) is 3. The van der Waals surface area contributed by atoms with Crippen LogP contribution in [0.5, 0.6) is 0 Å². The molecular weight excluding hydrogens is 606 g/mol. The highest BCUT2D eigenvalue weighted by atomic mass is 16.7. The van der Waals surface area contributed by atoms with Gasteiger partial charge in [-0.25, -0.2) is 0 Å². The van der Waals surface area contributed by atoms with Crippen LogP contribution in [-0.2, 0) is 23.9 Å². The van der Waals surface area contributed by atoms with Gasteiger partial charge in [0.15, 0.2) is 6.29 Å². The molecule has 12 heteroatoms. The largest absolute Gasteiger partial charge is 0.395 e. The maximum atomic E-state index is 12.7. The van der Waals surface area contributed by atoms with Crippen molar-refractivity contribution < 1.29 is 44.3 Å². The molecule has 1 rings (SSSR count). The van der Waals surface area contributed by atoms with Crippen LogP contribution in [0.1, 0.15) is 130 Å². The van der Waals surface area contributed by atoms with Gasteiger partial charge in [-0.1, -0.05) is 61.3 Å². The molecule has 0 aromatic rings. The van der Waals surface area contributed by atoms with E-state index in [2.05, 4.69) is 36.7 Å². The lowest BCUT2D eigenvalue weighted by Crippen LogP contribution is -2.65. The smallest absolute Gasteiger partial charge is 0.227 e. The summed E-state index contributed by atoms with van der Waals surface area (Å²) in [5.41, 5.74) is -2.68. The van der Waals surface area contributed by atoms with Gasteiger partial charge in [0, 0.05) is 24.4 Å². The molecule has 1 aliphatic rings. The van der Waals surface area contributed by atoms with Crippen LogP contribution in [0.25, 0.3) is 0 Å². The van der Waals surface area contributed by atoms with Crippen LogP contribution in [0, 0.1) is 16.7 Å². The Hall–Kier alpha value is -1.83. The first-order valence-electron chi connectivity index (χ1n) is 17.1. The molecule has 1 aliphatic heterocycles. The molecule has 47 heavy (non-hydrogen) atoms. The van der Waals surface area contributed by atoms with Crippen LogP contribution >= 0.6 is 0 Å². The van der Waals surface area contributed by atoms with Crippen LogP contribution in [0.2, 0.25) is 0 Å². The van der Waals surface area contributed by atoms with Gasteiger partial charge >= 0.3 is 0 Å². The van der Waals surface area contributed by atoms with E-state index in [4.69, 9.17) is 14.6 Å². The standard InChI is InChI=1S/C20H38N2O7.C7H15NO2.C6H14.C2H6/c1-11(24)21-13-15(26)14(25)12(9-23)28-16(13)29-20(7,8)10-19(5,6)17(27)22-18(2,3)4;1-4-8-6(10)7(2,3)5-9;1-4-5-6(2)3;1-2/h12-16,23,25-26H,9-10H2,1-8H3,(H,21,24)(H,22,27);9H,4-5H2,1-3H3,(H,8,10);6H,4-5H2,1-3H3;1-2H3. The van der Waals surface area contributed by atoms with E-state index in [9.17, 15) is 29.7 Å².